The third-order valence-corrected chi connectivity index (χ3v) is 6.77. The van der Waals surface area contributed by atoms with Gasteiger partial charge in [-0.2, -0.15) is 0 Å². The number of aliphatic hydroxyl groups is 6. The lowest BCUT2D eigenvalue weighted by Crippen LogP contribution is -2.64. The van der Waals surface area contributed by atoms with E-state index in [0.717, 1.165) is 0 Å². The normalized spacial score (nSPS) is 38.4. The number of rotatable bonds is 12. The van der Waals surface area contributed by atoms with Gasteiger partial charge in [0.25, 0.3) is 0 Å². The molecule has 2 fully saturated rings. The molecule has 0 amide bonds. The molecule has 0 aromatic heterocycles. The van der Waals surface area contributed by atoms with Crippen molar-refractivity contribution in [3.05, 3.63) is 0 Å². The third kappa shape index (κ3) is 6.71. The maximum absolute atomic E-state index is 12.6. The Morgan fingerprint density at radius 1 is 0.917 bits per heavy atom. The molecule has 0 saturated carbocycles. The van der Waals surface area contributed by atoms with Crippen molar-refractivity contribution >= 4 is 11.9 Å². The fraction of sp³-hybridized carbons (Fsp3) is 0.913. The molecular formula is C23H40O13. The van der Waals surface area contributed by atoms with E-state index < -0.39 is 92.5 Å². The number of ether oxygens (including phenoxy) is 5. The predicted molar refractivity (Wildman–Crippen MR) is 120 cm³/mol. The summed E-state index contributed by atoms with van der Waals surface area (Å²) in [5, 5.41) is 61.0. The van der Waals surface area contributed by atoms with Crippen LogP contribution in [0.4, 0.5) is 0 Å². The number of hydrogen-bond acceptors (Lipinski definition) is 13. The Morgan fingerprint density at radius 2 is 1.56 bits per heavy atom. The standard InChI is InChI=1S/C23H40O13/c1-5-11(3)7-15(27)33-18-14(9-25)32-22(19(17(18)29)34-21(31)12(4)6-2)36-23(10-26)20(30)16(28)13(8-24)35-23/h11-14,16-20,22,24-26,28-30H,5-10H2,1-4H3/t11?,12?,13-,14-,16-,17+,18-,19-,20+,22-,23+/m1/s1. The Bertz CT molecular complexity index is 720. The number of esters is 2. The van der Waals surface area contributed by atoms with Crippen LogP contribution in [0, 0.1) is 11.8 Å². The van der Waals surface area contributed by atoms with Gasteiger partial charge < -0.3 is 54.3 Å². The molecule has 2 saturated heterocycles. The van der Waals surface area contributed by atoms with E-state index in [0.29, 0.717) is 12.8 Å². The van der Waals surface area contributed by atoms with E-state index in [1.807, 2.05) is 13.8 Å². The van der Waals surface area contributed by atoms with Gasteiger partial charge in [-0.3, -0.25) is 9.59 Å². The van der Waals surface area contributed by atoms with Crippen LogP contribution in [-0.4, -0.2) is 117 Å². The molecule has 2 aliphatic rings. The maximum atomic E-state index is 12.6. The van der Waals surface area contributed by atoms with Crippen molar-refractivity contribution in [3.63, 3.8) is 0 Å². The van der Waals surface area contributed by atoms with E-state index in [1.54, 1.807) is 13.8 Å². The Balaban J connectivity index is 2.35. The fourth-order valence-corrected chi connectivity index (χ4v) is 3.92. The average Bonchev–Trinajstić information content (AvgIpc) is 3.11. The van der Waals surface area contributed by atoms with Crippen molar-refractivity contribution < 1.29 is 63.9 Å². The molecule has 13 heteroatoms. The minimum absolute atomic E-state index is 0.00171. The van der Waals surface area contributed by atoms with Crippen LogP contribution in [-0.2, 0) is 33.3 Å². The summed E-state index contributed by atoms with van der Waals surface area (Å²) in [5.74, 6) is -4.29. The van der Waals surface area contributed by atoms with Gasteiger partial charge in [-0.1, -0.05) is 34.1 Å². The molecule has 0 aromatic carbocycles. The molecule has 36 heavy (non-hydrogen) atoms. The Morgan fingerprint density at radius 3 is 2.06 bits per heavy atom. The Kier molecular flexibility index (Phi) is 11.5. The van der Waals surface area contributed by atoms with Crippen molar-refractivity contribution in [2.75, 3.05) is 19.8 Å². The van der Waals surface area contributed by atoms with E-state index in [1.165, 1.54) is 0 Å². The van der Waals surface area contributed by atoms with Gasteiger partial charge in [0.2, 0.25) is 12.1 Å². The summed E-state index contributed by atoms with van der Waals surface area (Å²) >= 11 is 0. The highest BCUT2D eigenvalue weighted by molar-refractivity contribution is 5.72. The molecular weight excluding hydrogens is 484 g/mol. The number of carbonyl (C=O) groups excluding carboxylic acids is 2. The van der Waals surface area contributed by atoms with E-state index in [2.05, 4.69) is 0 Å². The average molecular weight is 525 g/mol. The highest BCUT2D eigenvalue weighted by atomic mass is 16.8. The largest absolute Gasteiger partial charge is 0.457 e. The summed E-state index contributed by atoms with van der Waals surface area (Å²) in [6.45, 7) is 4.62. The van der Waals surface area contributed by atoms with Crippen LogP contribution in [0.15, 0.2) is 0 Å². The van der Waals surface area contributed by atoms with Crippen molar-refractivity contribution in [1.82, 2.24) is 0 Å². The molecule has 2 rings (SSSR count). The molecule has 11 atom stereocenters. The molecule has 6 N–H and O–H groups in total. The molecule has 0 bridgehead atoms. The molecule has 210 valence electrons. The molecule has 0 radical (unpaired) electrons. The van der Waals surface area contributed by atoms with E-state index in [-0.39, 0.29) is 12.3 Å². The molecule has 2 heterocycles. The Hall–Kier alpha value is -1.42. The summed E-state index contributed by atoms with van der Waals surface area (Å²) in [7, 11) is 0. The van der Waals surface area contributed by atoms with Gasteiger partial charge in [0.05, 0.1) is 19.1 Å². The van der Waals surface area contributed by atoms with Gasteiger partial charge in [0.1, 0.15) is 37.1 Å². The minimum atomic E-state index is -2.32. The van der Waals surface area contributed by atoms with Gasteiger partial charge in [0.15, 0.2) is 12.2 Å². The highest BCUT2D eigenvalue weighted by Crippen LogP contribution is 2.37. The SMILES string of the molecule is CCC(C)CC(=O)O[C@H]1[C@H](O)[C@@H](OC(=O)C(C)CC)[C@@H](O[C@]2(CO)O[C@H](CO)[C@@H](O)[C@@H]2O)O[C@@H]1CO. The second-order valence-electron chi connectivity index (χ2n) is 9.46. The number of aliphatic hydroxyl groups excluding tert-OH is 6. The summed E-state index contributed by atoms with van der Waals surface area (Å²) in [6.07, 6.45) is -11.5. The quantitative estimate of drug-likeness (QED) is 0.156. The molecule has 2 aliphatic heterocycles. The summed E-state index contributed by atoms with van der Waals surface area (Å²) < 4.78 is 27.6. The zero-order valence-corrected chi connectivity index (χ0v) is 21.1. The lowest BCUT2D eigenvalue weighted by Gasteiger charge is -2.45. The first-order chi connectivity index (χ1) is 17.0. The van der Waals surface area contributed by atoms with E-state index >= 15 is 0 Å². The minimum Gasteiger partial charge on any atom is -0.457 e. The topological polar surface area (TPSA) is 202 Å². The number of hydrogen-bond donors (Lipinski definition) is 6. The van der Waals surface area contributed by atoms with Crippen molar-refractivity contribution in [3.8, 4) is 0 Å². The second kappa shape index (κ2) is 13.4. The van der Waals surface area contributed by atoms with Crippen molar-refractivity contribution in [1.29, 1.82) is 0 Å². The van der Waals surface area contributed by atoms with Gasteiger partial charge in [0, 0.05) is 6.42 Å². The molecule has 0 spiro atoms. The first-order valence-electron chi connectivity index (χ1n) is 12.3. The van der Waals surface area contributed by atoms with Crippen LogP contribution in [0.3, 0.4) is 0 Å². The van der Waals surface area contributed by atoms with E-state index in [9.17, 15) is 40.2 Å². The highest BCUT2D eigenvalue weighted by Gasteiger charge is 2.59. The lowest BCUT2D eigenvalue weighted by atomic mass is 9.97. The van der Waals surface area contributed by atoms with Crippen LogP contribution < -0.4 is 0 Å². The molecule has 0 aliphatic carbocycles. The van der Waals surface area contributed by atoms with Crippen LogP contribution in [0.5, 0.6) is 0 Å². The third-order valence-electron chi connectivity index (χ3n) is 6.77. The zero-order chi connectivity index (χ0) is 27.2. The van der Waals surface area contributed by atoms with Crippen molar-refractivity contribution in [2.45, 2.75) is 102 Å². The fourth-order valence-electron chi connectivity index (χ4n) is 3.92. The summed E-state index contributed by atoms with van der Waals surface area (Å²) in [6, 6.07) is 0. The summed E-state index contributed by atoms with van der Waals surface area (Å²) in [4.78, 5) is 25.0. The molecule has 0 aromatic rings. The predicted octanol–water partition coefficient (Wildman–Crippen LogP) is -1.81. The monoisotopic (exact) mass is 524 g/mol. The van der Waals surface area contributed by atoms with Crippen LogP contribution in [0.1, 0.15) is 47.0 Å². The van der Waals surface area contributed by atoms with E-state index in [4.69, 9.17) is 23.7 Å². The lowest BCUT2D eigenvalue weighted by molar-refractivity contribution is -0.384. The van der Waals surface area contributed by atoms with Crippen molar-refractivity contribution in [2.24, 2.45) is 11.8 Å². The molecule has 2 unspecified atom stereocenters. The summed E-state index contributed by atoms with van der Waals surface area (Å²) in [5.41, 5.74) is 0. The smallest absolute Gasteiger partial charge is 0.309 e. The van der Waals surface area contributed by atoms with Gasteiger partial charge >= 0.3 is 11.9 Å². The Labute approximate surface area is 209 Å². The van der Waals surface area contributed by atoms with Crippen LogP contribution in [0.2, 0.25) is 0 Å². The van der Waals surface area contributed by atoms with Gasteiger partial charge in [-0.05, 0) is 12.3 Å². The first kappa shape index (κ1) is 30.8. The zero-order valence-electron chi connectivity index (χ0n) is 21.1. The van der Waals surface area contributed by atoms with Gasteiger partial charge in [-0.25, -0.2) is 0 Å². The van der Waals surface area contributed by atoms with Crippen LogP contribution in [0.25, 0.3) is 0 Å². The first-order valence-corrected chi connectivity index (χ1v) is 12.3. The van der Waals surface area contributed by atoms with Crippen LogP contribution >= 0.6 is 0 Å². The maximum Gasteiger partial charge on any atom is 0.309 e. The second-order valence-corrected chi connectivity index (χ2v) is 9.46. The molecule has 13 nitrogen and oxygen atoms in total. The number of carbonyl (C=O) groups is 2. The van der Waals surface area contributed by atoms with Gasteiger partial charge in [-0.15, -0.1) is 0 Å².